The van der Waals surface area contributed by atoms with Crippen LogP contribution in [0.2, 0.25) is 5.02 Å². The number of hydrogen-bond donors (Lipinski definition) is 1. The molecule has 0 saturated carbocycles. The molecule has 1 heterocycles. The van der Waals surface area contributed by atoms with Crippen molar-refractivity contribution in [2.24, 2.45) is 5.92 Å². The Morgan fingerprint density at radius 1 is 1.38 bits per heavy atom. The fraction of sp³-hybridized carbons (Fsp3) is 0.375. The van der Waals surface area contributed by atoms with E-state index < -0.39 is 12.5 Å². The standard InChI is InChI=1S/C16H18ClF2N3O2/c1-9(8-22-11(3)14(17)10(2)21-22)15(23)20-12-6-4-5-7-13(12)24-16(18)19/h4-7,9,16H,8H2,1-3H3,(H,20,23). The molecule has 1 N–H and O–H groups in total. The SMILES string of the molecule is Cc1nn(CC(C)C(=O)Nc2ccccc2OC(F)F)c(C)c1Cl. The van der Waals surface area contributed by atoms with Gasteiger partial charge in [0.2, 0.25) is 5.91 Å². The van der Waals surface area contributed by atoms with Gasteiger partial charge in [0.05, 0.1) is 34.6 Å². The van der Waals surface area contributed by atoms with E-state index in [0.717, 1.165) is 5.69 Å². The average Bonchev–Trinajstić information content (AvgIpc) is 2.76. The highest BCUT2D eigenvalue weighted by Gasteiger charge is 2.19. The minimum absolute atomic E-state index is 0.0813. The number of rotatable bonds is 6. The predicted molar refractivity (Wildman–Crippen MR) is 87.6 cm³/mol. The lowest BCUT2D eigenvalue weighted by atomic mass is 10.1. The Bertz CT molecular complexity index is 734. The van der Waals surface area contributed by atoms with Crippen LogP contribution in [-0.4, -0.2) is 22.3 Å². The number of carbonyl (C=O) groups excluding carboxylic acids is 1. The first-order chi connectivity index (χ1) is 11.3. The molecule has 0 spiro atoms. The smallest absolute Gasteiger partial charge is 0.387 e. The number of nitrogens with one attached hydrogen (secondary N) is 1. The highest BCUT2D eigenvalue weighted by Crippen LogP contribution is 2.26. The average molecular weight is 358 g/mol. The van der Waals surface area contributed by atoms with E-state index >= 15 is 0 Å². The van der Waals surface area contributed by atoms with Gasteiger partial charge in [0.15, 0.2) is 0 Å². The quantitative estimate of drug-likeness (QED) is 0.849. The summed E-state index contributed by atoms with van der Waals surface area (Å²) in [5.74, 6) is -0.857. The zero-order chi connectivity index (χ0) is 17.9. The molecule has 1 aromatic carbocycles. The molecule has 0 aliphatic heterocycles. The van der Waals surface area contributed by atoms with E-state index in [1.54, 1.807) is 30.7 Å². The molecule has 1 atom stereocenters. The molecule has 0 aliphatic carbocycles. The monoisotopic (exact) mass is 357 g/mol. The highest BCUT2D eigenvalue weighted by atomic mass is 35.5. The molecule has 2 aromatic rings. The summed E-state index contributed by atoms with van der Waals surface area (Å²) in [4.78, 5) is 12.3. The van der Waals surface area contributed by atoms with Crippen molar-refractivity contribution >= 4 is 23.2 Å². The van der Waals surface area contributed by atoms with E-state index in [9.17, 15) is 13.6 Å². The lowest BCUT2D eigenvalue weighted by Gasteiger charge is -2.15. The molecule has 24 heavy (non-hydrogen) atoms. The number of aryl methyl sites for hydroxylation is 1. The van der Waals surface area contributed by atoms with Crippen molar-refractivity contribution in [2.45, 2.75) is 33.9 Å². The first kappa shape index (κ1) is 18.2. The lowest BCUT2D eigenvalue weighted by Crippen LogP contribution is -2.25. The predicted octanol–water partition coefficient (Wildman–Crippen LogP) is 4.03. The molecule has 1 unspecified atom stereocenters. The highest BCUT2D eigenvalue weighted by molar-refractivity contribution is 6.31. The van der Waals surface area contributed by atoms with Crippen LogP contribution in [0.5, 0.6) is 5.75 Å². The first-order valence-corrected chi connectivity index (χ1v) is 7.71. The number of amides is 1. The van der Waals surface area contributed by atoms with Crippen molar-refractivity contribution in [1.82, 2.24) is 9.78 Å². The van der Waals surface area contributed by atoms with Crippen LogP contribution in [0.3, 0.4) is 0 Å². The number of ether oxygens (including phenoxy) is 1. The first-order valence-electron chi connectivity index (χ1n) is 7.33. The fourth-order valence-corrected chi connectivity index (χ4v) is 2.36. The van der Waals surface area contributed by atoms with Gasteiger partial charge in [0.25, 0.3) is 0 Å². The van der Waals surface area contributed by atoms with Gasteiger partial charge < -0.3 is 10.1 Å². The van der Waals surface area contributed by atoms with Gasteiger partial charge in [0, 0.05) is 0 Å². The Labute approximate surface area is 143 Å². The van der Waals surface area contributed by atoms with Gasteiger partial charge in [-0.2, -0.15) is 13.9 Å². The van der Waals surface area contributed by atoms with E-state index in [2.05, 4.69) is 15.2 Å². The number of nitrogens with zero attached hydrogens (tertiary/aromatic N) is 2. The second-order valence-electron chi connectivity index (χ2n) is 5.43. The van der Waals surface area contributed by atoms with E-state index in [0.29, 0.717) is 17.3 Å². The van der Waals surface area contributed by atoms with Gasteiger partial charge in [-0.3, -0.25) is 9.48 Å². The number of anilines is 1. The summed E-state index contributed by atoms with van der Waals surface area (Å²) in [6.07, 6.45) is 0. The van der Waals surface area contributed by atoms with Crippen LogP contribution in [0.1, 0.15) is 18.3 Å². The second-order valence-corrected chi connectivity index (χ2v) is 5.81. The molecule has 0 bridgehead atoms. The minimum Gasteiger partial charge on any atom is -0.433 e. The van der Waals surface area contributed by atoms with E-state index in [1.807, 2.05) is 6.92 Å². The minimum atomic E-state index is -2.96. The third-order valence-corrected chi connectivity index (χ3v) is 4.10. The largest absolute Gasteiger partial charge is 0.433 e. The molecule has 1 aromatic heterocycles. The Kier molecular flexibility index (Phi) is 5.77. The van der Waals surface area contributed by atoms with Gasteiger partial charge in [-0.05, 0) is 26.0 Å². The Balaban J connectivity index is 2.08. The summed E-state index contributed by atoms with van der Waals surface area (Å²) in [6, 6.07) is 6.05. The van der Waals surface area contributed by atoms with Crippen LogP contribution in [0.15, 0.2) is 24.3 Å². The van der Waals surface area contributed by atoms with Crippen LogP contribution >= 0.6 is 11.6 Å². The number of alkyl halides is 2. The van der Waals surface area contributed by atoms with E-state index in [-0.39, 0.29) is 17.3 Å². The zero-order valence-electron chi connectivity index (χ0n) is 13.5. The van der Waals surface area contributed by atoms with Crippen LogP contribution in [-0.2, 0) is 11.3 Å². The van der Waals surface area contributed by atoms with Gasteiger partial charge in [-0.1, -0.05) is 30.7 Å². The van der Waals surface area contributed by atoms with Gasteiger partial charge in [0.1, 0.15) is 5.75 Å². The summed E-state index contributed by atoms with van der Waals surface area (Å²) in [5, 5.41) is 7.45. The number of para-hydroxylation sites is 2. The third kappa shape index (κ3) is 4.23. The molecule has 130 valence electrons. The molecular formula is C16H18ClF2N3O2. The second kappa shape index (κ2) is 7.61. The van der Waals surface area contributed by atoms with Crippen molar-refractivity contribution < 1.29 is 18.3 Å². The summed E-state index contributed by atoms with van der Waals surface area (Å²) in [5.41, 5.74) is 1.66. The van der Waals surface area contributed by atoms with E-state index in [4.69, 9.17) is 11.6 Å². The topological polar surface area (TPSA) is 56.2 Å². The molecule has 1 amide bonds. The maximum Gasteiger partial charge on any atom is 0.387 e. The third-order valence-electron chi connectivity index (χ3n) is 3.55. The number of aromatic nitrogens is 2. The van der Waals surface area contributed by atoms with Crippen molar-refractivity contribution in [3.63, 3.8) is 0 Å². The van der Waals surface area contributed by atoms with Crippen LogP contribution < -0.4 is 10.1 Å². The number of halogens is 3. The maximum absolute atomic E-state index is 12.4. The zero-order valence-corrected chi connectivity index (χ0v) is 14.3. The number of carbonyl (C=O) groups is 1. The molecule has 0 saturated heterocycles. The van der Waals surface area contributed by atoms with Crippen LogP contribution in [0.25, 0.3) is 0 Å². The molecule has 2 rings (SSSR count). The van der Waals surface area contributed by atoms with Gasteiger partial charge in [-0.15, -0.1) is 0 Å². The summed E-state index contributed by atoms with van der Waals surface area (Å²) in [6.45, 7) is 2.68. The summed E-state index contributed by atoms with van der Waals surface area (Å²) in [7, 11) is 0. The summed E-state index contributed by atoms with van der Waals surface area (Å²) >= 11 is 6.09. The normalized spacial score (nSPS) is 12.3. The molecule has 8 heteroatoms. The molecule has 5 nitrogen and oxygen atoms in total. The number of benzene rings is 1. The van der Waals surface area contributed by atoms with Crippen molar-refractivity contribution in [1.29, 1.82) is 0 Å². The molecule has 0 fully saturated rings. The van der Waals surface area contributed by atoms with Gasteiger partial charge in [-0.25, -0.2) is 0 Å². The Morgan fingerprint density at radius 2 is 2.04 bits per heavy atom. The number of hydrogen-bond acceptors (Lipinski definition) is 3. The van der Waals surface area contributed by atoms with Crippen molar-refractivity contribution in [3.05, 3.63) is 40.7 Å². The van der Waals surface area contributed by atoms with Crippen LogP contribution in [0.4, 0.5) is 14.5 Å². The molecule has 0 radical (unpaired) electrons. The molecular weight excluding hydrogens is 340 g/mol. The maximum atomic E-state index is 12.4. The molecule has 0 aliphatic rings. The van der Waals surface area contributed by atoms with E-state index in [1.165, 1.54) is 12.1 Å². The van der Waals surface area contributed by atoms with Crippen molar-refractivity contribution in [3.8, 4) is 5.75 Å². The Morgan fingerprint density at radius 3 is 2.62 bits per heavy atom. The van der Waals surface area contributed by atoms with Gasteiger partial charge >= 0.3 is 6.61 Å². The fourth-order valence-electron chi connectivity index (χ4n) is 2.22. The summed E-state index contributed by atoms with van der Waals surface area (Å²) < 4.78 is 30.9. The lowest BCUT2D eigenvalue weighted by molar-refractivity contribution is -0.119. The van der Waals surface area contributed by atoms with Crippen molar-refractivity contribution in [2.75, 3.05) is 5.32 Å². The Hall–Kier alpha value is -2.15. The van der Waals surface area contributed by atoms with Crippen LogP contribution in [0, 0.1) is 19.8 Å².